The van der Waals surface area contributed by atoms with Gasteiger partial charge in [0.1, 0.15) is 0 Å². The van der Waals surface area contributed by atoms with Crippen LogP contribution in [0, 0.1) is 17.0 Å². The quantitative estimate of drug-likeness (QED) is 0.657. The van der Waals surface area contributed by atoms with Gasteiger partial charge in [0.15, 0.2) is 0 Å². The highest BCUT2D eigenvalue weighted by Crippen LogP contribution is 2.25. The third-order valence-corrected chi connectivity index (χ3v) is 2.17. The van der Waals surface area contributed by atoms with Crippen LogP contribution in [-0.2, 0) is 7.05 Å². The van der Waals surface area contributed by atoms with Gasteiger partial charge in [0, 0.05) is 20.5 Å². The summed E-state index contributed by atoms with van der Waals surface area (Å²) in [5.74, 6) is -0.130. The van der Waals surface area contributed by atoms with Gasteiger partial charge in [-0.1, -0.05) is 0 Å². The molecule has 96 valence electrons. The molecule has 0 amide bonds. The maximum Gasteiger partial charge on any atom is 0.406 e. The molecule has 0 radical (unpaired) electrons. The van der Waals surface area contributed by atoms with Crippen LogP contribution in [0.25, 0.3) is 0 Å². The highest BCUT2D eigenvalue weighted by atomic mass is 19.4. The summed E-state index contributed by atoms with van der Waals surface area (Å²) in [6.07, 6.45) is -5.36. The van der Waals surface area contributed by atoms with Gasteiger partial charge in [-0.25, -0.2) is 0 Å². The first kappa shape index (κ1) is 13.3. The number of aromatic nitrogens is 2. The average molecular weight is 252 g/mol. The molecule has 1 aromatic rings. The first-order valence-electron chi connectivity index (χ1n) is 4.70. The van der Waals surface area contributed by atoms with Crippen molar-refractivity contribution in [1.29, 1.82) is 0 Å². The fraction of sp³-hybridized carbons (Fsp3) is 0.625. The van der Waals surface area contributed by atoms with E-state index in [1.807, 2.05) is 0 Å². The molecular formula is C8H11F3N4O2. The number of halogens is 3. The standard InChI is InChI=1S/C8H11F3N4O2/c1-5-13-7(15(16)17)6(14(5)2)12-4-3-8(9,10)11/h12H,3-4H2,1-2H3. The molecule has 1 N–H and O–H groups in total. The van der Waals surface area contributed by atoms with Crippen LogP contribution >= 0.6 is 0 Å². The zero-order chi connectivity index (χ0) is 13.2. The van der Waals surface area contributed by atoms with Gasteiger partial charge >= 0.3 is 12.0 Å². The molecule has 0 aliphatic carbocycles. The van der Waals surface area contributed by atoms with Crippen LogP contribution in [0.15, 0.2) is 0 Å². The molecule has 9 heteroatoms. The Morgan fingerprint density at radius 1 is 1.53 bits per heavy atom. The molecule has 0 bridgehead atoms. The number of imidazole rings is 1. The second-order valence-corrected chi connectivity index (χ2v) is 3.44. The van der Waals surface area contributed by atoms with Crippen molar-refractivity contribution in [2.24, 2.45) is 7.05 Å². The van der Waals surface area contributed by atoms with Crippen molar-refractivity contribution in [3.8, 4) is 0 Å². The SMILES string of the molecule is Cc1nc([N+](=O)[O-])c(NCCC(F)(F)F)n1C. The third kappa shape index (κ3) is 3.33. The first-order valence-corrected chi connectivity index (χ1v) is 4.70. The number of nitrogens with one attached hydrogen (secondary N) is 1. The number of nitro groups is 1. The van der Waals surface area contributed by atoms with E-state index in [0.29, 0.717) is 5.82 Å². The number of rotatable bonds is 4. The lowest BCUT2D eigenvalue weighted by atomic mass is 10.4. The Bertz CT molecular complexity index is 427. The molecule has 0 aromatic carbocycles. The topological polar surface area (TPSA) is 73.0 Å². The van der Waals surface area contributed by atoms with E-state index in [1.54, 1.807) is 0 Å². The molecule has 0 unspecified atom stereocenters. The van der Waals surface area contributed by atoms with Crippen molar-refractivity contribution in [2.75, 3.05) is 11.9 Å². The van der Waals surface area contributed by atoms with Gasteiger partial charge in [-0.2, -0.15) is 13.2 Å². The first-order chi connectivity index (χ1) is 7.72. The van der Waals surface area contributed by atoms with Crippen LogP contribution in [-0.4, -0.2) is 27.2 Å². The summed E-state index contributed by atoms with van der Waals surface area (Å²) in [4.78, 5) is 13.5. The van der Waals surface area contributed by atoms with Crippen LogP contribution in [0.3, 0.4) is 0 Å². The van der Waals surface area contributed by atoms with E-state index in [2.05, 4.69) is 10.3 Å². The minimum atomic E-state index is -4.30. The van der Waals surface area contributed by atoms with Gasteiger partial charge in [0.25, 0.3) is 0 Å². The van der Waals surface area contributed by atoms with Crippen LogP contribution < -0.4 is 5.32 Å². The molecular weight excluding hydrogens is 241 g/mol. The van der Waals surface area contributed by atoms with Crippen LogP contribution in [0.2, 0.25) is 0 Å². The van der Waals surface area contributed by atoms with Gasteiger partial charge in [0.2, 0.25) is 11.6 Å². The minimum absolute atomic E-state index is 0.0169. The van der Waals surface area contributed by atoms with Crippen molar-refractivity contribution in [3.05, 3.63) is 15.9 Å². The Morgan fingerprint density at radius 3 is 2.59 bits per heavy atom. The van der Waals surface area contributed by atoms with Gasteiger partial charge in [-0.3, -0.25) is 4.57 Å². The van der Waals surface area contributed by atoms with Crippen LogP contribution in [0.1, 0.15) is 12.2 Å². The number of aryl methyl sites for hydroxylation is 1. The second kappa shape index (κ2) is 4.60. The number of hydrogen-bond donors (Lipinski definition) is 1. The summed E-state index contributed by atoms with van der Waals surface area (Å²) in [6.45, 7) is 1.10. The monoisotopic (exact) mass is 252 g/mol. The maximum atomic E-state index is 11.9. The zero-order valence-electron chi connectivity index (χ0n) is 9.21. The number of nitrogens with zero attached hydrogens (tertiary/aromatic N) is 3. The highest BCUT2D eigenvalue weighted by molar-refractivity contribution is 5.53. The van der Waals surface area contributed by atoms with E-state index < -0.39 is 29.9 Å². The van der Waals surface area contributed by atoms with Crippen molar-refractivity contribution >= 4 is 11.6 Å². The van der Waals surface area contributed by atoms with Gasteiger partial charge in [-0.15, -0.1) is 0 Å². The molecule has 0 aliphatic rings. The lowest BCUT2D eigenvalue weighted by Gasteiger charge is -2.08. The van der Waals surface area contributed by atoms with E-state index >= 15 is 0 Å². The summed E-state index contributed by atoms with van der Waals surface area (Å²) in [5, 5.41) is 13.0. The van der Waals surface area contributed by atoms with E-state index in [1.165, 1.54) is 18.5 Å². The minimum Gasteiger partial charge on any atom is -0.364 e. The average Bonchev–Trinajstić information content (AvgIpc) is 2.44. The van der Waals surface area contributed by atoms with E-state index in [0.717, 1.165) is 0 Å². The Balaban J connectivity index is 2.80. The molecule has 0 saturated heterocycles. The molecule has 1 heterocycles. The molecule has 0 aliphatic heterocycles. The Labute approximate surface area is 94.6 Å². The Hall–Kier alpha value is -1.80. The molecule has 1 aromatic heterocycles. The fourth-order valence-corrected chi connectivity index (χ4v) is 1.24. The summed E-state index contributed by atoms with van der Waals surface area (Å²) in [6, 6.07) is 0. The van der Waals surface area contributed by atoms with Gasteiger partial charge in [0.05, 0.1) is 6.42 Å². The van der Waals surface area contributed by atoms with E-state index in [-0.39, 0.29) is 5.82 Å². The van der Waals surface area contributed by atoms with Crippen LogP contribution in [0.4, 0.5) is 24.8 Å². The van der Waals surface area contributed by atoms with Gasteiger partial charge < -0.3 is 15.4 Å². The lowest BCUT2D eigenvalue weighted by Crippen LogP contribution is -2.16. The number of hydrogen-bond acceptors (Lipinski definition) is 4. The summed E-state index contributed by atoms with van der Waals surface area (Å²) >= 11 is 0. The summed E-state index contributed by atoms with van der Waals surface area (Å²) < 4.78 is 37.1. The predicted molar refractivity (Wildman–Crippen MR) is 53.8 cm³/mol. The molecule has 0 spiro atoms. The van der Waals surface area contributed by atoms with Crippen molar-refractivity contribution in [2.45, 2.75) is 19.5 Å². The molecule has 6 nitrogen and oxygen atoms in total. The predicted octanol–water partition coefficient (Wildman–Crippen LogP) is 2.00. The molecule has 0 fully saturated rings. The van der Waals surface area contributed by atoms with Crippen molar-refractivity contribution < 1.29 is 18.1 Å². The maximum absolute atomic E-state index is 11.9. The van der Waals surface area contributed by atoms with Gasteiger partial charge in [-0.05, 0) is 9.91 Å². The fourth-order valence-electron chi connectivity index (χ4n) is 1.24. The third-order valence-electron chi connectivity index (χ3n) is 2.17. The van der Waals surface area contributed by atoms with E-state index in [4.69, 9.17) is 0 Å². The largest absolute Gasteiger partial charge is 0.406 e. The second-order valence-electron chi connectivity index (χ2n) is 3.44. The summed E-state index contributed by atoms with van der Waals surface area (Å²) in [7, 11) is 1.49. The molecule has 0 atom stereocenters. The summed E-state index contributed by atoms with van der Waals surface area (Å²) in [5.41, 5.74) is 0. The molecule has 0 saturated carbocycles. The zero-order valence-corrected chi connectivity index (χ0v) is 9.21. The van der Waals surface area contributed by atoms with Crippen molar-refractivity contribution in [1.82, 2.24) is 9.55 Å². The molecule has 17 heavy (non-hydrogen) atoms. The van der Waals surface area contributed by atoms with Crippen molar-refractivity contribution in [3.63, 3.8) is 0 Å². The normalized spacial score (nSPS) is 11.6. The Morgan fingerprint density at radius 2 is 2.12 bits per heavy atom. The van der Waals surface area contributed by atoms with Crippen LogP contribution in [0.5, 0.6) is 0 Å². The highest BCUT2D eigenvalue weighted by Gasteiger charge is 2.28. The van der Waals surface area contributed by atoms with E-state index in [9.17, 15) is 23.3 Å². The Kier molecular flexibility index (Phi) is 3.59. The smallest absolute Gasteiger partial charge is 0.364 e. The molecule has 1 rings (SSSR count). The number of anilines is 1. The lowest BCUT2D eigenvalue weighted by molar-refractivity contribution is -0.388. The number of alkyl halides is 3.